The molecule has 0 bridgehead atoms. The molecular weight excluding hydrogens is 316 g/mol. The summed E-state index contributed by atoms with van der Waals surface area (Å²) >= 11 is 6.09. The van der Waals surface area contributed by atoms with Gasteiger partial charge in [0.1, 0.15) is 5.82 Å². The number of nitrogens with zero attached hydrogens (tertiary/aromatic N) is 1. The Balaban J connectivity index is 1.37. The molecule has 3 atom stereocenters. The minimum atomic E-state index is 0.535. The van der Waals surface area contributed by atoms with E-state index in [0.29, 0.717) is 6.04 Å². The highest BCUT2D eigenvalue weighted by molar-refractivity contribution is 6.31. The lowest BCUT2D eigenvalue weighted by molar-refractivity contribution is 0.194. The molecule has 1 N–H and O–H groups in total. The standard InChI is InChI=1S/C21H19ClN2/c22-15-8-5-14-7-10-21(23-19(14)11-15)24-20-12-18-16-4-2-1-3-13(16)6-9-17(18)20/h1-5,7-8,10-11,17-18,20H,6,9,12H2,(H,23,24). The second kappa shape index (κ2) is 5.49. The van der Waals surface area contributed by atoms with E-state index >= 15 is 0 Å². The molecule has 3 aromatic rings. The van der Waals surface area contributed by atoms with Crippen LogP contribution in [0.1, 0.15) is 29.9 Å². The average molecular weight is 335 g/mol. The molecule has 1 saturated carbocycles. The Morgan fingerprint density at radius 1 is 1.04 bits per heavy atom. The van der Waals surface area contributed by atoms with Crippen molar-refractivity contribution in [2.24, 2.45) is 5.92 Å². The second-order valence-corrected chi connectivity index (χ2v) is 7.46. The molecule has 2 aromatic carbocycles. The third kappa shape index (κ3) is 2.29. The Labute approximate surface area is 146 Å². The monoisotopic (exact) mass is 334 g/mol. The third-order valence-corrected chi connectivity index (χ3v) is 5.97. The van der Waals surface area contributed by atoms with Crippen molar-refractivity contribution in [1.29, 1.82) is 0 Å². The van der Waals surface area contributed by atoms with Gasteiger partial charge in [0.25, 0.3) is 0 Å². The summed E-state index contributed by atoms with van der Waals surface area (Å²) in [5.74, 6) is 2.42. The second-order valence-electron chi connectivity index (χ2n) is 7.03. The van der Waals surface area contributed by atoms with Gasteiger partial charge in [-0.25, -0.2) is 4.98 Å². The highest BCUT2D eigenvalue weighted by atomic mass is 35.5. The SMILES string of the molecule is Clc1ccc2ccc(NC3CC4c5ccccc5CCC34)nc2c1. The number of pyridine rings is 1. The first-order chi connectivity index (χ1) is 11.8. The quantitative estimate of drug-likeness (QED) is 0.677. The van der Waals surface area contributed by atoms with E-state index in [-0.39, 0.29) is 0 Å². The number of aryl methyl sites for hydroxylation is 1. The summed E-state index contributed by atoms with van der Waals surface area (Å²) in [6, 6.07) is 19.6. The maximum atomic E-state index is 6.09. The number of anilines is 1. The molecule has 24 heavy (non-hydrogen) atoms. The van der Waals surface area contributed by atoms with Crippen molar-refractivity contribution in [1.82, 2.24) is 4.98 Å². The maximum absolute atomic E-state index is 6.09. The highest BCUT2D eigenvalue weighted by Crippen LogP contribution is 2.50. The predicted molar refractivity (Wildman–Crippen MR) is 99.8 cm³/mol. The molecule has 2 aliphatic carbocycles. The van der Waals surface area contributed by atoms with Crippen LogP contribution in [0.2, 0.25) is 5.02 Å². The maximum Gasteiger partial charge on any atom is 0.126 e. The van der Waals surface area contributed by atoms with Gasteiger partial charge >= 0.3 is 0 Å². The van der Waals surface area contributed by atoms with E-state index in [2.05, 4.69) is 41.7 Å². The van der Waals surface area contributed by atoms with Gasteiger partial charge in [0.05, 0.1) is 5.52 Å². The summed E-state index contributed by atoms with van der Waals surface area (Å²) in [6.45, 7) is 0. The molecule has 0 radical (unpaired) electrons. The molecular formula is C21H19ClN2. The highest BCUT2D eigenvalue weighted by Gasteiger charge is 2.44. The molecule has 3 unspecified atom stereocenters. The van der Waals surface area contributed by atoms with Crippen LogP contribution in [0.3, 0.4) is 0 Å². The van der Waals surface area contributed by atoms with Crippen LogP contribution in [-0.2, 0) is 6.42 Å². The smallest absolute Gasteiger partial charge is 0.126 e. The van der Waals surface area contributed by atoms with Crippen molar-refractivity contribution in [2.75, 3.05) is 5.32 Å². The van der Waals surface area contributed by atoms with Crippen molar-refractivity contribution in [2.45, 2.75) is 31.2 Å². The predicted octanol–water partition coefficient (Wildman–Crippen LogP) is 5.42. The van der Waals surface area contributed by atoms with E-state index in [9.17, 15) is 0 Å². The minimum absolute atomic E-state index is 0.535. The lowest BCUT2D eigenvalue weighted by Gasteiger charge is -2.49. The van der Waals surface area contributed by atoms with E-state index in [4.69, 9.17) is 16.6 Å². The van der Waals surface area contributed by atoms with Gasteiger partial charge in [0.15, 0.2) is 0 Å². The normalized spacial score (nSPS) is 24.8. The molecule has 0 amide bonds. The lowest BCUT2D eigenvalue weighted by Crippen LogP contribution is -2.47. The topological polar surface area (TPSA) is 24.9 Å². The Hall–Kier alpha value is -2.06. The zero-order valence-corrected chi connectivity index (χ0v) is 14.1. The van der Waals surface area contributed by atoms with E-state index in [1.165, 1.54) is 19.3 Å². The molecule has 1 heterocycles. The van der Waals surface area contributed by atoms with Crippen LogP contribution in [0.25, 0.3) is 10.9 Å². The van der Waals surface area contributed by atoms with Crippen LogP contribution in [-0.4, -0.2) is 11.0 Å². The van der Waals surface area contributed by atoms with E-state index < -0.39 is 0 Å². The minimum Gasteiger partial charge on any atom is -0.367 e. The Bertz CT molecular complexity index is 921. The molecule has 1 fully saturated rings. The van der Waals surface area contributed by atoms with Crippen molar-refractivity contribution >= 4 is 28.3 Å². The lowest BCUT2D eigenvalue weighted by atomic mass is 9.60. The zero-order chi connectivity index (χ0) is 16.1. The molecule has 1 aromatic heterocycles. The van der Waals surface area contributed by atoms with Crippen LogP contribution in [0.5, 0.6) is 0 Å². The molecule has 0 aliphatic heterocycles. The molecule has 3 heteroatoms. The fourth-order valence-corrected chi connectivity index (χ4v) is 4.61. The fourth-order valence-electron chi connectivity index (χ4n) is 4.44. The van der Waals surface area contributed by atoms with E-state index in [1.54, 1.807) is 11.1 Å². The van der Waals surface area contributed by atoms with Crippen molar-refractivity contribution < 1.29 is 0 Å². The zero-order valence-electron chi connectivity index (χ0n) is 13.4. The summed E-state index contributed by atoms with van der Waals surface area (Å²) in [4.78, 5) is 4.74. The Kier molecular flexibility index (Phi) is 3.27. The van der Waals surface area contributed by atoms with E-state index in [1.807, 2.05) is 18.2 Å². The first kappa shape index (κ1) is 14.3. The fraction of sp³-hybridized carbons (Fsp3) is 0.286. The number of hydrogen-bond donors (Lipinski definition) is 1. The Morgan fingerprint density at radius 3 is 2.88 bits per heavy atom. The van der Waals surface area contributed by atoms with Crippen molar-refractivity contribution in [3.8, 4) is 0 Å². The number of halogens is 1. The van der Waals surface area contributed by atoms with Gasteiger partial charge in [-0.15, -0.1) is 0 Å². The number of fused-ring (bicyclic) bond motifs is 4. The van der Waals surface area contributed by atoms with Gasteiger partial charge < -0.3 is 5.32 Å². The summed E-state index contributed by atoms with van der Waals surface area (Å²) in [6.07, 6.45) is 3.69. The first-order valence-electron chi connectivity index (χ1n) is 8.68. The molecule has 2 nitrogen and oxygen atoms in total. The molecule has 120 valence electrons. The summed E-state index contributed by atoms with van der Waals surface area (Å²) in [7, 11) is 0. The van der Waals surface area contributed by atoms with Gasteiger partial charge in [-0.3, -0.25) is 0 Å². The van der Waals surface area contributed by atoms with E-state index in [0.717, 1.165) is 33.6 Å². The molecule has 0 saturated heterocycles. The summed E-state index contributed by atoms with van der Waals surface area (Å²) in [5, 5.41) is 5.53. The van der Waals surface area contributed by atoms with Gasteiger partial charge in [0.2, 0.25) is 0 Å². The van der Waals surface area contributed by atoms with Crippen LogP contribution in [0, 0.1) is 5.92 Å². The van der Waals surface area contributed by atoms with Gasteiger partial charge in [-0.1, -0.05) is 41.9 Å². The largest absolute Gasteiger partial charge is 0.367 e. The van der Waals surface area contributed by atoms with Crippen LogP contribution >= 0.6 is 11.6 Å². The van der Waals surface area contributed by atoms with Crippen LogP contribution < -0.4 is 5.32 Å². The number of rotatable bonds is 2. The number of benzene rings is 2. The number of hydrogen-bond acceptors (Lipinski definition) is 2. The molecule has 5 rings (SSSR count). The molecule has 0 spiro atoms. The number of nitrogens with one attached hydrogen (secondary N) is 1. The third-order valence-electron chi connectivity index (χ3n) is 5.73. The van der Waals surface area contributed by atoms with Crippen molar-refractivity contribution in [3.63, 3.8) is 0 Å². The summed E-state index contributed by atoms with van der Waals surface area (Å²) in [5.41, 5.74) is 4.08. The van der Waals surface area contributed by atoms with Crippen LogP contribution in [0.15, 0.2) is 54.6 Å². The Morgan fingerprint density at radius 2 is 1.92 bits per heavy atom. The molecule has 2 aliphatic rings. The summed E-state index contributed by atoms with van der Waals surface area (Å²) < 4.78 is 0. The van der Waals surface area contributed by atoms with Gasteiger partial charge in [-0.2, -0.15) is 0 Å². The van der Waals surface area contributed by atoms with Gasteiger partial charge in [0, 0.05) is 16.5 Å². The van der Waals surface area contributed by atoms with Crippen molar-refractivity contribution in [3.05, 3.63) is 70.7 Å². The number of aromatic nitrogens is 1. The van der Waals surface area contributed by atoms with Gasteiger partial charge in [-0.05, 0) is 66.5 Å². The first-order valence-corrected chi connectivity index (χ1v) is 9.06. The average Bonchev–Trinajstić information content (AvgIpc) is 2.59. The van der Waals surface area contributed by atoms with Crippen LogP contribution in [0.4, 0.5) is 5.82 Å².